The summed E-state index contributed by atoms with van der Waals surface area (Å²) < 4.78 is 0. The van der Waals surface area contributed by atoms with Gasteiger partial charge in [-0.25, -0.2) is 0 Å². The van der Waals surface area contributed by atoms with Gasteiger partial charge in [0, 0.05) is 37.3 Å². The molecule has 0 saturated carbocycles. The molecule has 1 saturated heterocycles. The normalized spacial score (nSPS) is 16.4. The van der Waals surface area contributed by atoms with E-state index >= 15 is 0 Å². The van der Waals surface area contributed by atoms with Crippen molar-refractivity contribution in [3.05, 3.63) is 53.6 Å². The number of carbonyl (C=O) groups is 3. The summed E-state index contributed by atoms with van der Waals surface area (Å²) in [7, 11) is 0. The zero-order valence-corrected chi connectivity index (χ0v) is 18.9. The number of carbonyl (C=O) groups excluding carboxylic acids is 3. The third-order valence-electron chi connectivity index (χ3n) is 6.44. The molecule has 0 spiro atoms. The van der Waals surface area contributed by atoms with Gasteiger partial charge in [0.15, 0.2) is 0 Å². The molecule has 2 aromatic carbocycles. The second kappa shape index (κ2) is 9.55. The molecule has 1 fully saturated rings. The minimum atomic E-state index is -0.536. The van der Waals surface area contributed by atoms with Crippen LogP contribution in [-0.2, 0) is 16.0 Å². The van der Waals surface area contributed by atoms with E-state index in [1.165, 1.54) is 5.56 Å². The lowest BCUT2D eigenvalue weighted by Crippen LogP contribution is -2.48. The number of likely N-dealkylation sites (tertiary alicyclic amines) is 1. The van der Waals surface area contributed by atoms with Crippen LogP contribution in [0.4, 0.5) is 5.69 Å². The summed E-state index contributed by atoms with van der Waals surface area (Å²) in [6.07, 6.45) is 4.59. The van der Waals surface area contributed by atoms with Crippen molar-refractivity contribution in [2.45, 2.75) is 52.0 Å². The summed E-state index contributed by atoms with van der Waals surface area (Å²) in [6.45, 7) is 5.92. The van der Waals surface area contributed by atoms with Crippen LogP contribution in [0.15, 0.2) is 42.5 Å². The smallest absolute Gasteiger partial charge is 0.251 e. The van der Waals surface area contributed by atoms with Crippen molar-refractivity contribution in [3.63, 3.8) is 0 Å². The van der Waals surface area contributed by atoms with E-state index in [-0.39, 0.29) is 17.7 Å². The average Bonchev–Trinajstić information content (AvgIpc) is 3.27. The van der Waals surface area contributed by atoms with E-state index in [4.69, 9.17) is 0 Å². The van der Waals surface area contributed by atoms with Crippen LogP contribution >= 0.6 is 0 Å². The summed E-state index contributed by atoms with van der Waals surface area (Å²) in [6, 6.07) is 13.1. The molecule has 2 aliphatic heterocycles. The highest BCUT2D eigenvalue weighted by Crippen LogP contribution is 2.32. The van der Waals surface area contributed by atoms with Crippen LogP contribution in [0.2, 0.25) is 0 Å². The molecule has 4 rings (SSSR count). The van der Waals surface area contributed by atoms with Gasteiger partial charge in [-0.3, -0.25) is 14.4 Å². The van der Waals surface area contributed by atoms with Crippen molar-refractivity contribution in [3.8, 4) is 11.1 Å². The van der Waals surface area contributed by atoms with Crippen molar-refractivity contribution < 1.29 is 14.4 Å². The molecule has 0 radical (unpaired) electrons. The van der Waals surface area contributed by atoms with Crippen LogP contribution in [-0.4, -0.2) is 48.3 Å². The number of rotatable bonds is 5. The van der Waals surface area contributed by atoms with Gasteiger partial charge in [-0.2, -0.15) is 0 Å². The first-order valence-corrected chi connectivity index (χ1v) is 11.6. The van der Waals surface area contributed by atoms with E-state index in [1.807, 2.05) is 41.0 Å². The molecule has 1 N–H and O–H groups in total. The van der Waals surface area contributed by atoms with Crippen LogP contribution in [0.3, 0.4) is 0 Å². The topological polar surface area (TPSA) is 69.7 Å². The Morgan fingerprint density at radius 3 is 2.31 bits per heavy atom. The number of nitrogens with zero attached hydrogens (tertiary/aromatic N) is 2. The van der Waals surface area contributed by atoms with Crippen molar-refractivity contribution in [2.24, 2.45) is 0 Å². The first-order valence-electron chi connectivity index (χ1n) is 11.6. The molecule has 1 atom stereocenters. The molecule has 168 valence electrons. The minimum absolute atomic E-state index is 0.0107. The van der Waals surface area contributed by atoms with E-state index in [9.17, 15) is 14.4 Å². The summed E-state index contributed by atoms with van der Waals surface area (Å²) in [5, 5.41) is 2.84. The number of anilines is 1. The average molecular weight is 434 g/mol. The second-order valence-corrected chi connectivity index (χ2v) is 8.65. The highest BCUT2D eigenvalue weighted by Gasteiger charge is 2.25. The number of fused-ring (bicyclic) bond motifs is 1. The van der Waals surface area contributed by atoms with Gasteiger partial charge in [-0.15, -0.1) is 0 Å². The van der Waals surface area contributed by atoms with Gasteiger partial charge in [-0.1, -0.05) is 25.1 Å². The van der Waals surface area contributed by atoms with Gasteiger partial charge >= 0.3 is 0 Å². The van der Waals surface area contributed by atoms with Gasteiger partial charge in [0.05, 0.1) is 0 Å². The largest absolute Gasteiger partial charge is 0.341 e. The van der Waals surface area contributed by atoms with Crippen LogP contribution < -0.4 is 10.2 Å². The molecule has 0 unspecified atom stereocenters. The van der Waals surface area contributed by atoms with Crippen LogP contribution in [0, 0.1) is 0 Å². The summed E-state index contributed by atoms with van der Waals surface area (Å²) >= 11 is 0. The van der Waals surface area contributed by atoms with Crippen molar-refractivity contribution in [1.82, 2.24) is 10.2 Å². The Hall–Kier alpha value is -3.15. The number of hydrogen-bond donors (Lipinski definition) is 1. The maximum Gasteiger partial charge on any atom is 0.251 e. The monoisotopic (exact) mass is 433 g/mol. The Labute approximate surface area is 189 Å². The maximum atomic E-state index is 12.7. The third-order valence-corrected chi connectivity index (χ3v) is 6.44. The highest BCUT2D eigenvalue weighted by atomic mass is 16.2. The number of hydrogen-bond acceptors (Lipinski definition) is 3. The van der Waals surface area contributed by atoms with Crippen molar-refractivity contribution >= 4 is 23.4 Å². The first-order chi connectivity index (χ1) is 15.5. The number of benzene rings is 2. The summed E-state index contributed by atoms with van der Waals surface area (Å²) in [5.74, 6) is -0.0969. The molecule has 32 heavy (non-hydrogen) atoms. The zero-order valence-electron chi connectivity index (χ0n) is 18.9. The molecule has 2 heterocycles. The van der Waals surface area contributed by atoms with E-state index in [2.05, 4.69) is 11.4 Å². The van der Waals surface area contributed by atoms with Gasteiger partial charge in [0.2, 0.25) is 11.8 Å². The van der Waals surface area contributed by atoms with Crippen molar-refractivity contribution in [1.29, 1.82) is 0 Å². The van der Waals surface area contributed by atoms with Gasteiger partial charge < -0.3 is 15.1 Å². The quantitative estimate of drug-likeness (QED) is 0.780. The number of amides is 3. The predicted octanol–water partition coefficient (Wildman–Crippen LogP) is 3.78. The Kier molecular flexibility index (Phi) is 6.58. The van der Waals surface area contributed by atoms with Crippen LogP contribution in [0.25, 0.3) is 11.1 Å². The fraction of sp³-hybridized carbons (Fsp3) is 0.423. The molecule has 3 amide bonds. The third kappa shape index (κ3) is 4.54. The molecular formula is C26H31N3O3. The molecule has 0 bridgehead atoms. The molecule has 6 heteroatoms. The van der Waals surface area contributed by atoms with Crippen LogP contribution in [0.1, 0.15) is 55.5 Å². The molecule has 0 aromatic heterocycles. The molecular weight excluding hydrogens is 402 g/mol. The standard InChI is InChI=1S/C26H31N3O3/c1-3-24(30)29-16-13-22-17-21(11-12-23(22)29)19-7-9-20(10-8-19)25(31)27-18(2)26(32)28-14-5-4-6-15-28/h7-12,17-18H,3-6,13-16H2,1-2H3,(H,27,31)/t18-/m1/s1. The van der Waals surface area contributed by atoms with Crippen molar-refractivity contribution in [2.75, 3.05) is 24.5 Å². The number of piperidine rings is 1. The molecule has 0 aliphatic carbocycles. The van der Waals surface area contributed by atoms with Gasteiger partial charge in [-0.05, 0) is 73.6 Å². The van der Waals surface area contributed by atoms with E-state index in [0.717, 1.165) is 62.1 Å². The second-order valence-electron chi connectivity index (χ2n) is 8.65. The molecule has 2 aliphatic rings. The Balaban J connectivity index is 1.41. The molecule has 6 nitrogen and oxygen atoms in total. The Bertz CT molecular complexity index is 1010. The molecule has 2 aromatic rings. The summed E-state index contributed by atoms with van der Waals surface area (Å²) in [4.78, 5) is 41.0. The SMILES string of the molecule is CCC(=O)N1CCc2cc(-c3ccc(C(=O)N[C@H](C)C(=O)N4CCCCC4)cc3)ccc21. The predicted molar refractivity (Wildman–Crippen MR) is 126 cm³/mol. The fourth-order valence-electron chi connectivity index (χ4n) is 4.58. The lowest BCUT2D eigenvalue weighted by Gasteiger charge is -2.29. The maximum absolute atomic E-state index is 12.7. The Morgan fingerprint density at radius 1 is 0.938 bits per heavy atom. The van der Waals surface area contributed by atoms with Crippen LogP contribution in [0.5, 0.6) is 0 Å². The van der Waals surface area contributed by atoms with E-state index in [0.29, 0.717) is 12.0 Å². The lowest BCUT2D eigenvalue weighted by atomic mass is 10.0. The number of nitrogens with one attached hydrogen (secondary N) is 1. The highest BCUT2D eigenvalue weighted by molar-refractivity contribution is 5.98. The van der Waals surface area contributed by atoms with Gasteiger partial charge in [0.25, 0.3) is 5.91 Å². The first kappa shape index (κ1) is 22.1. The fourth-order valence-corrected chi connectivity index (χ4v) is 4.58. The zero-order chi connectivity index (χ0) is 22.7. The van der Waals surface area contributed by atoms with E-state index < -0.39 is 6.04 Å². The minimum Gasteiger partial charge on any atom is -0.341 e. The van der Waals surface area contributed by atoms with E-state index in [1.54, 1.807) is 19.1 Å². The lowest BCUT2D eigenvalue weighted by molar-refractivity contribution is -0.133. The van der Waals surface area contributed by atoms with Gasteiger partial charge in [0.1, 0.15) is 6.04 Å². The Morgan fingerprint density at radius 2 is 1.62 bits per heavy atom. The summed E-state index contributed by atoms with van der Waals surface area (Å²) in [5.41, 5.74) is 4.80.